The number of carbonyl (C=O) groups is 1. The first kappa shape index (κ1) is 26.2. The van der Waals surface area contributed by atoms with Crippen molar-refractivity contribution in [2.24, 2.45) is 14.1 Å². The number of amides is 2. The number of anilines is 3. The predicted octanol–water partition coefficient (Wildman–Crippen LogP) is 6.02. The Morgan fingerprint density at radius 3 is 2.41 bits per heavy atom. The van der Waals surface area contributed by atoms with Gasteiger partial charge in [0.15, 0.2) is 0 Å². The van der Waals surface area contributed by atoms with Gasteiger partial charge in [0, 0.05) is 50.6 Å². The van der Waals surface area contributed by atoms with E-state index in [0.717, 1.165) is 10.9 Å². The summed E-state index contributed by atoms with van der Waals surface area (Å²) in [5.74, 6) is 0.412. The van der Waals surface area contributed by atoms with E-state index >= 15 is 0 Å². The molecule has 8 nitrogen and oxygen atoms in total. The quantitative estimate of drug-likeness (QED) is 0.304. The maximum absolute atomic E-state index is 14.9. The molecule has 0 fully saturated rings. The molecule has 194 valence electrons. The number of benzene rings is 1. The van der Waals surface area contributed by atoms with E-state index in [0.29, 0.717) is 38.9 Å². The van der Waals surface area contributed by atoms with Gasteiger partial charge in [-0.15, -0.1) is 0 Å². The van der Waals surface area contributed by atoms with Crippen LogP contribution in [0.25, 0.3) is 22.0 Å². The maximum atomic E-state index is 14.9. The highest BCUT2D eigenvalue weighted by molar-refractivity contribution is 6.34. The number of nitrogens with one attached hydrogen (secondary N) is 3. The van der Waals surface area contributed by atoms with Gasteiger partial charge in [0.2, 0.25) is 0 Å². The van der Waals surface area contributed by atoms with Crippen molar-refractivity contribution in [2.45, 2.75) is 33.1 Å². The molecule has 0 atom stereocenters. The van der Waals surface area contributed by atoms with Crippen LogP contribution < -0.4 is 21.5 Å². The lowest BCUT2D eigenvalue weighted by Gasteiger charge is -2.17. The van der Waals surface area contributed by atoms with Gasteiger partial charge >= 0.3 is 6.03 Å². The number of halogens is 2. The Hall–Kier alpha value is -3.85. The fraction of sp³-hybridized carbons (Fsp3) is 0.296. The van der Waals surface area contributed by atoms with Crippen LogP contribution >= 0.6 is 11.6 Å². The molecule has 0 unspecified atom stereocenters. The van der Waals surface area contributed by atoms with Crippen LogP contribution in [0.3, 0.4) is 0 Å². The normalized spacial score (nSPS) is 11.6. The van der Waals surface area contributed by atoms with Gasteiger partial charge in [0.05, 0.1) is 16.2 Å². The van der Waals surface area contributed by atoms with Crippen molar-refractivity contribution in [3.05, 3.63) is 69.0 Å². The lowest BCUT2D eigenvalue weighted by Crippen LogP contribution is -2.22. The van der Waals surface area contributed by atoms with Crippen molar-refractivity contribution < 1.29 is 9.18 Å². The summed E-state index contributed by atoms with van der Waals surface area (Å²) >= 11 is 6.53. The van der Waals surface area contributed by atoms with Gasteiger partial charge in [-0.3, -0.25) is 10.1 Å². The Bertz CT molecular complexity index is 1600. The largest absolute Gasteiger partial charge is 0.373 e. The molecule has 3 heterocycles. The van der Waals surface area contributed by atoms with E-state index in [1.165, 1.54) is 16.7 Å². The summed E-state index contributed by atoms with van der Waals surface area (Å²) in [7, 11) is 5.20. The number of fused-ring (bicyclic) bond motifs is 1. The summed E-state index contributed by atoms with van der Waals surface area (Å²) in [6, 6.07) is 5.62. The number of hydrogen-bond donors (Lipinski definition) is 3. The second-order valence-electron chi connectivity index (χ2n) is 10.1. The molecular weight excluding hydrogens is 495 g/mol. The van der Waals surface area contributed by atoms with Crippen LogP contribution in [0.2, 0.25) is 5.02 Å². The zero-order chi connectivity index (χ0) is 27.2. The lowest BCUT2D eigenvalue weighted by atomic mass is 9.89. The lowest BCUT2D eigenvalue weighted by molar-refractivity contribution is 0.262. The van der Waals surface area contributed by atoms with Crippen LogP contribution in [-0.2, 0) is 19.5 Å². The summed E-state index contributed by atoms with van der Waals surface area (Å²) in [6.07, 6.45) is 3.53. The van der Waals surface area contributed by atoms with E-state index in [-0.39, 0.29) is 16.7 Å². The maximum Gasteiger partial charge on any atom is 0.324 e. The van der Waals surface area contributed by atoms with E-state index in [9.17, 15) is 14.0 Å². The first-order valence-electron chi connectivity index (χ1n) is 11.7. The second kappa shape index (κ2) is 9.55. The van der Waals surface area contributed by atoms with Crippen molar-refractivity contribution in [2.75, 3.05) is 23.0 Å². The Balaban J connectivity index is 1.70. The molecule has 4 aromatic rings. The molecule has 0 saturated carbocycles. The first-order chi connectivity index (χ1) is 17.3. The average Bonchev–Trinajstić information content (AvgIpc) is 3.11. The van der Waals surface area contributed by atoms with Gasteiger partial charge in [0.25, 0.3) is 5.56 Å². The molecular formula is C27H30ClFN6O2. The van der Waals surface area contributed by atoms with Crippen LogP contribution in [0.4, 0.5) is 26.5 Å². The number of aryl methyl sites for hydroxylation is 3. The molecule has 0 radical (unpaired) electrons. The van der Waals surface area contributed by atoms with Gasteiger partial charge < -0.3 is 19.8 Å². The van der Waals surface area contributed by atoms with Crippen molar-refractivity contribution in [1.29, 1.82) is 0 Å². The number of urea groups is 1. The number of aromatic nitrogens is 3. The zero-order valence-electron chi connectivity index (χ0n) is 21.9. The number of rotatable bonds is 4. The molecule has 0 aliphatic carbocycles. The molecule has 0 aliphatic rings. The topological polar surface area (TPSA) is 93.0 Å². The summed E-state index contributed by atoms with van der Waals surface area (Å²) in [5.41, 5.74) is 2.47. The number of nitrogens with zero attached hydrogens (tertiary/aromatic N) is 3. The molecule has 3 aromatic heterocycles. The van der Waals surface area contributed by atoms with Gasteiger partial charge in [0.1, 0.15) is 17.5 Å². The highest BCUT2D eigenvalue weighted by atomic mass is 35.5. The SMILES string of the molecule is CNc1cc2c(cn1)cc(-c1cc(NC(=O)Nc3c(Cl)c(C(C)(C)C)cn3C)c(F)cc1C)c(=O)n2C. The summed E-state index contributed by atoms with van der Waals surface area (Å²) in [4.78, 5) is 30.4. The van der Waals surface area contributed by atoms with Crippen LogP contribution in [0.1, 0.15) is 31.9 Å². The Labute approximate surface area is 219 Å². The molecule has 37 heavy (non-hydrogen) atoms. The fourth-order valence-corrected chi connectivity index (χ4v) is 4.79. The van der Waals surface area contributed by atoms with E-state index in [1.54, 1.807) is 51.0 Å². The van der Waals surface area contributed by atoms with E-state index in [2.05, 4.69) is 20.9 Å². The van der Waals surface area contributed by atoms with Crippen molar-refractivity contribution >= 4 is 45.9 Å². The molecule has 1 aromatic carbocycles. The molecule has 0 spiro atoms. The van der Waals surface area contributed by atoms with Gasteiger partial charge in [-0.25, -0.2) is 14.2 Å². The minimum absolute atomic E-state index is 0.0646. The van der Waals surface area contributed by atoms with Gasteiger partial charge in [-0.05, 0) is 47.2 Å². The molecule has 0 bridgehead atoms. The van der Waals surface area contributed by atoms with E-state index in [1.807, 2.05) is 27.0 Å². The average molecular weight is 525 g/mol. The third-order valence-corrected chi connectivity index (χ3v) is 6.76. The van der Waals surface area contributed by atoms with Crippen molar-refractivity contribution in [1.82, 2.24) is 14.1 Å². The second-order valence-corrected chi connectivity index (χ2v) is 10.5. The van der Waals surface area contributed by atoms with Crippen molar-refractivity contribution in [3.63, 3.8) is 0 Å². The van der Waals surface area contributed by atoms with Crippen LogP contribution in [-0.4, -0.2) is 27.2 Å². The van der Waals surface area contributed by atoms with E-state index < -0.39 is 11.8 Å². The summed E-state index contributed by atoms with van der Waals surface area (Å²) in [5, 5.41) is 9.40. The first-order valence-corrected chi connectivity index (χ1v) is 12.1. The number of hydrogen-bond acceptors (Lipinski definition) is 4. The monoisotopic (exact) mass is 524 g/mol. The van der Waals surface area contributed by atoms with Gasteiger partial charge in [-0.1, -0.05) is 32.4 Å². The summed E-state index contributed by atoms with van der Waals surface area (Å²) in [6.45, 7) is 7.78. The standard InChI is InChI=1S/C27H30ClFN6O2/c1-14-8-19(29)20(32-26(37)33-24-23(28)18(13-34(24)6)27(2,3)4)10-16(14)17-9-15-12-31-22(30-5)11-21(15)35(7)25(17)36/h8-13H,1-7H3,(H,30,31)(H2,32,33,37). The highest BCUT2D eigenvalue weighted by Gasteiger charge is 2.24. The van der Waals surface area contributed by atoms with Crippen LogP contribution in [0, 0.1) is 12.7 Å². The van der Waals surface area contributed by atoms with E-state index in [4.69, 9.17) is 11.6 Å². The Morgan fingerprint density at radius 1 is 1.08 bits per heavy atom. The predicted molar refractivity (Wildman–Crippen MR) is 148 cm³/mol. The third-order valence-electron chi connectivity index (χ3n) is 6.38. The third kappa shape index (κ3) is 4.91. The van der Waals surface area contributed by atoms with Crippen LogP contribution in [0.15, 0.2) is 41.5 Å². The van der Waals surface area contributed by atoms with Crippen LogP contribution in [0.5, 0.6) is 0 Å². The molecule has 10 heteroatoms. The van der Waals surface area contributed by atoms with Crippen molar-refractivity contribution in [3.8, 4) is 11.1 Å². The molecule has 0 saturated heterocycles. The Morgan fingerprint density at radius 2 is 1.78 bits per heavy atom. The number of pyridine rings is 2. The van der Waals surface area contributed by atoms with Gasteiger partial charge in [-0.2, -0.15) is 0 Å². The molecule has 3 N–H and O–H groups in total. The zero-order valence-corrected chi connectivity index (χ0v) is 22.6. The molecule has 2 amide bonds. The number of carbonyl (C=O) groups excluding carboxylic acids is 1. The highest BCUT2D eigenvalue weighted by Crippen LogP contribution is 2.36. The minimum atomic E-state index is -0.660. The minimum Gasteiger partial charge on any atom is -0.373 e. The fourth-order valence-electron chi connectivity index (χ4n) is 4.28. The summed E-state index contributed by atoms with van der Waals surface area (Å²) < 4.78 is 18.1. The smallest absolute Gasteiger partial charge is 0.324 e. The Kier molecular flexibility index (Phi) is 6.77. The molecule has 4 rings (SSSR count). The molecule has 0 aliphatic heterocycles.